The highest BCUT2D eigenvalue weighted by molar-refractivity contribution is 8.00. The molecule has 1 heterocycles. The Morgan fingerprint density at radius 3 is 3.06 bits per heavy atom. The van der Waals surface area contributed by atoms with Crippen LogP contribution in [0, 0.1) is 11.3 Å². The summed E-state index contributed by atoms with van der Waals surface area (Å²) in [6, 6.07) is 3.54. The van der Waals surface area contributed by atoms with E-state index < -0.39 is 0 Å². The molecule has 1 unspecified atom stereocenters. The summed E-state index contributed by atoms with van der Waals surface area (Å²) in [7, 11) is 1.35. The van der Waals surface area contributed by atoms with E-state index in [4.69, 9.17) is 16.9 Å². The zero-order chi connectivity index (χ0) is 12.8. The number of methoxy groups -OCH3 is 1. The van der Waals surface area contributed by atoms with Crippen molar-refractivity contribution in [3.63, 3.8) is 0 Å². The van der Waals surface area contributed by atoms with Gasteiger partial charge in [0.15, 0.2) is 0 Å². The molecule has 0 amide bonds. The number of aromatic nitrogens is 1. The Hall–Kier alpha value is -1.25. The second-order valence-corrected chi connectivity index (χ2v) is 5.10. The molecular weight excluding hydrogens is 260 g/mol. The highest BCUT2D eigenvalue weighted by Crippen LogP contribution is 2.31. The number of nitrogens with zero attached hydrogens (tertiary/aromatic N) is 2. The molecule has 1 rings (SSSR count). The maximum Gasteiger partial charge on any atom is 0.306 e. The highest BCUT2D eigenvalue weighted by Gasteiger charge is 2.15. The zero-order valence-corrected chi connectivity index (χ0v) is 11.0. The van der Waals surface area contributed by atoms with E-state index in [1.807, 2.05) is 13.0 Å². The molecule has 0 saturated heterocycles. The summed E-state index contributed by atoms with van der Waals surface area (Å²) in [4.78, 5) is 15.2. The molecule has 1 atom stereocenters. The highest BCUT2D eigenvalue weighted by atomic mass is 35.5. The molecule has 1 aromatic rings. The summed E-state index contributed by atoms with van der Waals surface area (Å²) in [5, 5.41) is 9.69. The number of hydrogen-bond acceptors (Lipinski definition) is 5. The molecule has 1 aromatic heterocycles. The SMILES string of the molecule is COC(=O)CC(C)Sc1nccc(C#N)c1Cl. The smallest absolute Gasteiger partial charge is 0.306 e. The molecule has 6 heteroatoms. The molecule has 0 aliphatic rings. The first-order valence-electron chi connectivity index (χ1n) is 4.86. The number of halogens is 1. The van der Waals surface area contributed by atoms with Crippen molar-refractivity contribution < 1.29 is 9.53 Å². The van der Waals surface area contributed by atoms with E-state index in [2.05, 4.69) is 9.72 Å². The van der Waals surface area contributed by atoms with Gasteiger partial charge in [-0.3, -0.25) is 4.79 Å². The Labute approximate surface area is 109 Å². The molecule has 4 nitrogen and oxygen atoms in total. The van der Waals surface area contributed by atoms with Crippen molar-refractivity contribution in [1.82, 2.24) is 4.98 Å². The quantitative estimate of drug-likeness (QED) is 0.622. The number of carbonyl (C=O) groups is 1. The maximum absolute atomic E-state index is 11.1. The molecule has 0 bridgehead atoms. The number of carbonyl (C=O) groups excluding carboxylic acids is 1. The van der Waals surface area contributed by atoms with Crippen molar-refractivity contribution in [2.75, 3.05) is 7.11 Å². The lowest BCUT2D eigenvalue weighted by molar-refractivity contribution is -0.140. The van der Waals surface area contributed by atoms with Crippen LogP contribution in [0.3, 0.4) is 0 Å². The third-order valence-electron chi connectivity index (χ3n) is 1.97. The third-order valence-corrected chi connectivity index (χ3v) is 3.57. The molecule has 0 aliphatic carbocycles. The Balaban J connectivity index is 2.75. The molecule has 0 aromatic carbocycles. The Morgan fingerprint density at radius 2 is 2.47 bits per heavy atom. The molecule has 0 saturated carbocycles. The van der Waals surface area contributed by atoms with E-state index in [9.17, 15) is 4.79 Å². The summed E-state index contributed by atoms with van der Waals surface area (Å²) >= 11 is 7.35. The molecular formula is C11H11ClN2O2S. The van der Waals surface area contributed by atoms with Gasteiger partial charge in [0.05, 0.1) is 24.1 Å². The normalized spacial score (nSPS) is 11.6. The van der Waals surface area contributed by atoms with Crippen LogP contribution in [-0.2, 0) is 9.53 Å². The molecule has 0 radical (unpaired) electrons. The van der Waals surface area contributed by atoms with Gasteiger partial charge in [-0.05, 0) is 6.07 Å². The maximum atomic E-state index is 11.1. The van der Waals surface area contributed by atoms with Gasteiger partial charge < -0.3 is 4.74 Å². The van der Waals surface area contributed by atoms with Crippen LogP contribution in [0.5, 0.6) is 0 Å². The van der Waals surface area contributed by atoms with Crippen LogP contribution in [0.15, 0.2) is 17.3 Å². The minimum absolute atomic E-state index is 0.0126. The predicted molar refractivity (Wildman–Crippen MR) is 65.9 cm³/mol. The van der Waals surface area contributed by atoms with Crippen molar-refractivity contribution in [2.24, 2.45) is 0 Å². The fourth-order valence-corrected chi connectivity index (χ4v) is 2.37. The van der Waals surface area contributed by atoms with Gasteiger partial charge in [-0.25, -0.2) is 4.98 Å². The first-order valence-corrected chi connectivity index (χ1v) is 6.12. The summed E-state index contributed by atoms with van der Waals surface area (Å²) in [5.74, 6) is -0.280. The van der Waals surface area contributed by atoms with Crippen LogP contribution >= 0.6 is 23.4 Å². The summed E-state index contributed by atoms with van der Waals surface area (Å²) in [5.41, 5.74) is 0.384. The fourth-order valence-electron chi connectivity index (χ4n) is 1.14. The minimum Gasteiger partial charge on any atom is -0.469 e. The van der Waals surface area contributed by atoms with Crippen molar-refractivity contribution in [3.05, 3.63) is 22.8 Å². The van der Waals surface area contributed by atoms with E-state index in [-0.39, 0.29) is 17.6 Å². The number of hydrogen-bond donors (Lipinski definition) is 0. The van der Waals surface area contributed by atoms with Gasteiger partial charge in [0.1, 0.15) is 11.1 Å². The first-order chi connectivity index (χ1) is 8.08. The van der Waals surface area contributed by atoms with Crippen LogP contribution in [0.2, 0.25) is 5.02 Å². The van der Waals surface area contributed by atoms with Crippen LogP contribution in [0.25, 0.3) is 0 Å². The lowest BCUT2D eigenvalue weighted by Crippen LogP contribution is -2.08. The van der Waals surface area contributed by atoms with Gasteiger partial charge in [-0.15, -0.1) is 11.8 Å². The van der Waals surface area contributed by atoms with Gasteiger partial charge in [-0.2, -0.15) is 5.26 Å². The van der Waals surface area contributed by atoms with Crippen molar-refractivity contribution in [3.8, 4) is 6.07 Å². The second kappa shape index (κ2) is 6.48. The standard InChI is InChI=1S/C11H11ClN2O2S/c1-7(5-9(15)16-2)17-11-10(12)8(6-13)3-4-14-11/h3-4,7H,5H2,1-2H3. The van der Waals surface area contributed by atoms with Crippen molar-refractivity contribution in [2.45, 2.75) is 23.6 Å². The third kappa shape index (κ3) is 3.91. The van der Waals surface area contributed by atoms with Gasteiger partial charge in [0.2, 0.25) is 0 Å². The fraction of sp³-hybridized carbons (Fsp3) is 0.364. The monoisotopic (exact) mass is 270 g/mol. The van der Waals surface area contributed by atoms with Crippen LogP contribution < -0.4 is 0 Å². The van der Waals surface area contributed by atoms with Crippen LogP contribution in [0.4, 0.5) is 0 Å². The molecule has 17 heavy (non-hydrogen) atoms. The number of ether oxygens (including phenoxy) is 1. The molecule has 0 spiro atoms. The molecule has 0 aliphatic heterocycles. The van der Waals surface area contributed by atoms with Gasteiger partial charge in [0.25, 0.3) is 0 Å². The molecule has 90 valence electrons. The summed E-state index contributed by atoms with van der Waals surface area (Å²) in [6.45, 7) is 1.87. The molecule has 0 fully saturated rings. The Bertz CT molecular complexity index is 459. The van der Waals surface area contributed by atoms with Crippen molar-refractivity contribution >= 4 is 29.3 Å². The number of nitriles is 1. The number of thioether (sulfide) groups is 1. The largest absolute Gasteiger partial charge is 0.469 e. The van der Waals surface area contributed by atoms with E-state index in [1.165, 1.54) is 25.1 Å². The lowest BCUT2D eigenvalue weighted by Gasteiger charge is -2.10. The van der Waals surface area contributed by atoms with Gasteiger partial charge in [-0.1, -0.05) is 18.5 Å². The van der Waals surface area contributed by atoms with Gasteiger partial charge in [0, 0.05) is 11.4 Å². The topological polar surface area (TPSA) is 63.0 Å². The van der Waals surface area contributed by atoms with E-state index >= 15 is 0 Å². The Morgan fingerprint density at radius 1 is 1.76 bits per heavy atom. The summed E-state index contributed by atoms with van der Waals surface area (Å²) < 4.78 is 4.58. The van der Waals surface area contributed by atoms with E-state index in [1.54, 1.807) is 6.07 Å². The average Bonchev–Trinajstić information content (AvgIpc) is 2.31. The first kappa shape index (κ1) is 13.8. The second-order valence-electron chi connectivity index (χ2n) is 3.30. The number of esters is 1. The van der Waals surface area contributed by atoms with Crippen LogP contribution in [0.1, 0.15) is 18.9 Å². The van der Waals surface area contributed by atoms with E-state index in [0.717, 1.165) is 0 Å². The Kier molecular flexibility index (Phi) is 5.26. The molecule has 0 N–H and O–H groups in total. The van der Waals surface area contributed by atoms with Crippen LogP contribution in [-0.4, -0.2) is 23.3 Å². The van der Waals surface area contributed by atoms with Crippen molar-refractivity contribution in [1.29, 1.82) is 5.26 Å². The number of rotatable bonds is 4. The zero-order valence-electron chi connectivity index (χ0n) is 9.44. The minimum atomic E-state index is -0.280. The predicted octanol–water partition coefficient (Wildman–Crippen LogP) is 2.65. The summed E-state index contributed by atoms with van der Waals surface area (Å²) in [6.07, 6.45) is 1.80. The average molecular weight is 271 g/mol. The van der Waals surface area contributed by atoms with Gasteiger partial charge >= 0.3 is 5.97 Å². The number of pyridine rings is 1. The van der Waals surface area contributed by atoms with E-state index in [0.29, 0.717) is 15.6 Å². The lowest BCUT2D eigenvalue weighted by atomic mass is 10.3.